The largest absolute Gasteiger partial charge is 0.464 e. The van der Waals surface area contributed by atoms with Crippen molar-refractivity contribution < 1.29 is 14.3 Å². The minimum absolute atomic E-state index is 0.0475. The van der Waals surface area contributed by atoms with Crippen molar-refractivity contribution >= 4 is 17.6 Å². The summed E-state index contributed by atoms with van der Waals surface area (Å²) in [5.41, 5.74) is 3.91. The lowest BCUT2D eigenvalue weighted by Crippen LogP contribution is -2.16. The lowest BCUT2D eigenvalue weighted by atomic mass is 9.99. The van der Waals surface area contributed by atoms with Crippen LogP contribution in [-0.4, -0.2) is 29.2 Å². The van der Waals surface area contributed by atoms with E-state index in [1.165, 1.54) is 19.2 Å². The Hall–Kier alpha value is -3.54. The molecule has 0 aliphatic carbocycles. The lowest BCUT2D eigenvalue weighted by Gasteiger charge is -2.12. The Morgan fingerprint density at radius 1 is 0.885 bits per heavy atom. The zero-order valence-electron chi connectivity index (χ0n) is 14.4. The van der Waals surface area contributed by atoms with Crippen molar-refractivity contribution in [2.45, 2.75) is 6.92 Å². The first kappa shape index (κ1) is 17.3. The smallest absolute Gasteiger partial charge is 0.358 e. The maximum Gasteiger partial charge on any atom is 0.358 e. The van der Waals surface area contributed by atoms with Crippen molar-refractivity contribution in [1.82, 2.24) is 10.2 Å². The van der Waals surface area contributed by atoms with Gasteiger partial charge in [0.25, 0.3) is 5.91 Å². The van der Waals surface area contributed by atoms with Gasteiger partial charge in [0.15, 0.2) is 11.4 Å². The van der Waals surface area contributed by atoms with Crippen LogP contribution in [0.25, 0.3) is 11.1 Å². The van der Waals surface area contributed by atoms with Crippen molar-refractivity contribution in [3.8, 4) is 11.1 Å². The summed E-state index contributed by atoms with van der Waals surface area (Å²) in [5, 5.41) is 10.3. The number of nitrogens with zero attached hydrogens (tertiary/aromatic N) is 2. The van der Waals surface area contributed by atoms with E-state index in [1.54, 1.807) is 0 Å². The highest BCUT2D eigenvalue weighted by molar-refractivity contribution is 6.04. The number of ether oxygens (including phenoxy) is 1. The minimum atomic E-state index is -0.601. The van der Waals surface area contributed by atoms with Gasteiger partial charge in [0, 0.05) is 5.69 Å². The fraction of sp³-hybridized carbons (Fsp3) is 0.100. The molecule has 6 heteroatoms. The zero-order valence-corrected chi connectivity index (χ0v) is 14.4. The Morgan fingerprint density at radius 2 is 1.58 bits per heavy atom. The maximum absolute atomic E-state index is 12.4. The van der Waals surface area contributed by atoms with Gasteiger partial charge in [0.05, 0.1) is 7.11 Å². The average Bonchev–Trinajstić information content (AvgIpc) is 2.69. The standard InChI is InChI=1S/C20H17N3O3/c1-13-15(14-7-4-3-5-8-14)9-6-10-16(13)21-19(24)17-11-12-18(23-22-17)20(25)26-2/h3-12H,1-2H3,(H,21,24). The van der Waals surface area contributed by atoms with Crippen molar-refractivity contribution in [1.29, 1.82) is 0 Å². The predicted octanol–water partition coefficient (Wildman–Crippen LogP) is 3.49. The molecule has 130 valence electrons. The third-order valence-corrected chi connectivity index (χ3v) is 3.96. The molecule has 2 aromatic carbocycles. The van der Waals surface area contributed by atoms with Gasteiger partial charge in [0.1, 0.15) is 0 Å². The molecule has 1 amide bonds. The quantitative estimate of drug-likeness (QED) is 0.731. The Labute approximate surface area is 150 Å². The molecule has 26 heavy (non-hydrogen) atoms. The molecule has 0 bridgehead atoms. The number of amides is 1. The molecule has 0 radical (unpaired) electrons. The van der Waals surface area contributed by atoms with Gasteiger partial charge in [-0.1, -0.05) is 42.5 Å². The van der Waals surface area contributed by atoms with E-state index in [2.05, 4.69) is 20.3 Å². The van der Waals surface area contributed by atoms with Gasteiger partial charge >= 0.3 is 5.97 Å². The number of rotatable bonds is 4. The van der Waals surface area contributed by atoms with Gasteiger partial charge in [0.2, 0.25) is 0 Å². The Bertz CT molecular complexity index is 938. The topological polar surface area (TPSA) is 81.2 Å². The van der Waals surface area contributed by atoms with Crippen molar-refractivity contribution in [2.24, 2.45) is 0 Å². The average molecular weight is 347 g/mol. The van der Waals surface area contributed by atoms with E-state index in [1.807, 2.05) is 55.5 Å². The number of esters is 1. The molecule has 3 aromatic rings. The molecule has 0 aliphatic heterocycles. The Morgan fingerprint density at radius 3 is 2.23 bits per heavy atom. The van der Waals surface area contributed by atoms with E-state index in [9.17, 15) is 9.59 Å². The SMILES string of the molecule is COC(=O)c1ccc(C(=O)Nc2cccc(-c3ccccc3)c2C)nn1. The molecule has 0 atom stereocenters. The molecule has 0 fully saturated rings. The van der Waals surface area contributed by atoms with Gasteiger partial charge < -0.3 is 10.1 Å². The van der Waals surface area contributed by atoms with Crippen molar-refractivity contribution in [3.05, 3.63) is 77.6 Å². The number of aromatic nitrogens is 2. The predicted molar refractivity (Wildman–Crippen MR) is 97.9 cm³/mol. The van der Waals surface area contributed by atoms with Crippen LogP contribution >= 0.6 is 0 Å². The van der Waals surface area contributed by atoms with Crippen LogP contribution in [-0.2, 0) is 4.74 Å². The number of hydrogen-bond donors (Lipinski definition) is 1. The molecule has 0 saturated heterocycles. The summed E-state index contributed by atoms with van der Waals surface area (Å²) in [4.78, 5) is 23.8. The third-order valence-electron chi connectivity index (χ3n) is 3.96. The number of nitrogens with one attached hydrogen (secondary N) is 1. The van der Waals surface area contributed by atoms with Gasteiger partial charge in [-0.05, 0) is 41.8 Å². The summed E-state index contributed by atoms with van der Waals surface area (Å²) < 4.78 is 4.56. The van der Waals surface area contributed by atoms with Crippen LogP contribution in [0, 0.1) is 6.92 Å². The molecule has 3 rings (SSSR count). The highest BCUT2D eigenvalue weighted by Crippen LogP contribution is 2.28. The summed E-state index contributed by atoms with van der Waals surface area (Å²) in [5.74, 6) is -1.00. The van der Waals surface area contributed by atoms with Gasteiger partial charge in [-0.25, -0.2) is 4.79 Å². The fourth-order valence-corrected chi connectivity index (χ4v) is 2.55. The molecule has 0 spiro atoms. The van der Waals surface area contributed by atoms with Crippen molar-refractivity contribution in [3.63, 3.8) is 0 Å². The van der Waals surface area contributed by atoms with Crippen LogP contribution in [0.4, 0.5) is 5.69 Å². The molecule has 0 unspecified atom stereocenters. The zero-order chi connectivity index (χ0) is 18.5. The van der Waals surface area contributed by atoms with E-state index in [0.29, 0.717) is 5.69 Å². The minimum Gasteiger partial charge on any atom is -0.464 e. The van der Waals surface area contributed by atoms with E-state index in [-0.39, 0.29) is 11.4 Å². The second-order valence-corrected chi connectivity index (χ2v) is 5.59. The summed E-state index contributed by atoms with van der Waals surface area (Å²) in [6.07, 6.45) is 0. The second-order valence-electron chi connectivity index (χ2n) is 5.59. The summed E-state index contributed by atoms with van der Waals surface area (Å²) >= 11 is 0. The molecular formula is C20H17N3O3. The lowest BCUT2D eigenvalue weighted by molar-refractivity contribution is 0.0592. The van der Waals surface area contributed by atoms with E-state index < -0.39 is 11.9 Å². The number of benzene rings is 2. The first-order valence-corrected chi connectivity index (χ1v) is 7.98. The van der Waals surface area contributed by atoms with Crippen LogP contribution in [0.3, 0.4) is 0 Å². The molecule has 6 nitrogen and oxygen atoms in total. The molecular weight excluding hydrogens is 330 g/mol. The van der Waals surface area contributed by atoms with Crippen LogP contribution in [0.15, 0.2) is 60.7 Å². The first-order valence-electron chi connectivity index (χ1n) is 7.98. The van der Waals surface area contributed by atoms with E-state index >= 15 is 0 Å². The molecule has 1 N–H and O–H groups in total. The van der Waals surface area contributed by atoms with Crippen LogP contribution in [0.5, 0.6) is 0 Å². The molecule has 1 heterocycles. The number of carbonyl (C=O) groups is 2. The number of methoxy groups -OCH3 is 1. The number of hydrogen-bond acceptors (Lipinski definition) is 5. The monoisotopic (exact) mass is 347 g/mol. The molecule has 1 aromatic heterocycles. The highest BCUT2D eigenvalue weighted by Gasteiger charge is 2.14. The van der Waals surface area contributed by atoms with Crippen LogP contribution in [0.2, 0.25) is 0 Å². The Kier molecular flexibility index (Phi) is 5.03. The Balaban J connectivity index is 1.83. The molecule has 0 aliphatic rings. The summed E-state index contributed by atoms with van der Waals surface area (Å²) in [7, 11) is 1.26. The maximum atomic E-state index is 12.4. The van der Waals surface area contributed by atoms with Gasteiger partial charge in [-0.3, -0.25) is 4.79 Å². The van der Waals surface area contributed by atoms with Gasteiger partial charge in [-0.15, -0.1) is 10.2 Å². The van der Waals surface area contributed by atoms with E-state index in [4.69, 9.17) is 0 Å². The first-order chi connectivity index (χ1) is 12.6. The number of carbonyl (C=O) groups excluding carboxylic acids is 2. The van der Waals surface area contributed by atoms with Crippen LogP contribution in [0.1, 0.15) is 26.5 Å². The number of anilines is 1. The summed E-state index contributed by atoms with van der Waals surface area (Å²) in [6, 6.07) is 18.5. The second kappa shape index (κ2) is 7.57. The van der Waals surface area contributed by atoms with Crippen molar-refractivity contribution in [2.75, 3.05) is 12.4 Å². The van der Waals surface area contributed by atoms with Gasteiger partial charge in [-0.2, -0.15) is 0 Å². The van der Waals surface area contributed by atoms with E-state index in [0.717, 1.165) is 16.7 Å². The molecule has 0 saturated carbocycles. The fourth-order valence-electron chi connectivity index (χ4n) is 2.55. The third kappa shape index (κ3) is 3.59. The normalized spacial score (nSPS) is 10.2. The summed E-state index contributed by atoms with van der Waals surface area (Å²) in [6.45, 7) is 1.95. The van der Waals surface area contributed by atoms with Crippen LogP contribution < -0.4 is 5.32 Å². The highest BCUT2D eigenvalue weighted by atomic mass is 16.5.